The van der Waals surface area contributed by atoms with E-state index in [1.165, 1.54) is 33.5 Å². The van der Waals surface area contributed by atoms with Gasteiger partial charge in [0, 0.05) is 24.4 Å². The molecule has 0 unspecified atom stereocenters. The molecule has 1 aliphatic heterocycles. The summed E-state index contributed by atoms with van der Waals surface area (Å²) in [5.74, 6) is 0.262. The van der Waals surface area contributed by atoms with Crippen LogP contribution in [0.2, 0.25) is 0 Å². The van der Waals surface area contributed by atoms with E-state index < -0.39 is 15.9 Å². The van der Waals surface area contributed by atoms with Crippen molar-refractivity contribution >= 4 is 44.2 Å². The molecule has 2 aromatic rings. The van der Waals surface area contributed by atoms with E-state index in [4.69, 9.17) is 4.74 Å². The summed E-state index contributed by atoms with van der Waals surface area (Å²) in [5, 5.41) is 11.0. The summed E-state index contributed by atoms with van der Waals surface area (Å²) in [5.41, 5.74) is 0.829. The number of morpholine rings is 1. The quantitative estimate of drug-likeness (QED) is 0.401. The van der Waals surface area contributed by atoms with Gasteiger partial charge in [0.2, 0.25) is 15.2 Å². The van der Waals surface area contributed by atoms with Crippen LogP contribution in [0.4, 0.5) is 5.13 Å². The number of hydrogen-bond donors (Lipinski definition) is 1. The van der Waals surface area contributed by atoms with Gasteiger partial charge in [0.05, 0.1) is 18.1 Å². The standard InChI is InChI=1S/C17H20N4O4S3/c1-3-10-26-17-20-19-16(27-17)18-15(22)13-5-4-12(2)14(11-13)28(23,24)21-6-8-25-9-7-21/h3-5,11H,1,6-10H2,2H3,(H,18,19,22). The second kappa shape index (κ2) is 9.14. The van der Waals surface area contributed by atoms with Gasteiger partial charge < -0.3 is 4.74 Å². The van der Waals surface area contributed by atoms with E-state index in [9.17, 15) is 13.2 Å². The van der Waals surface area contributed by atoms with E-state index in [2.05, 4.69) is 22.1 Å². The Hall–Kier alpha value is -1.79. The van der Waals surface area contributed by atoms with Crippen LogP contribution in [0.25, 0.3) is 0 Å². The number of anilines is 1. The first-order chi connectivity index (χ1) is 13.4. The minimum absolute atomic E-state index is 0.126. The lowest BCUT2D eigenvalue weighted by molar-refractivity contribution is 0.0730. The Bertz CT molecular complexity index is 969. The molecule has 0 bridgehead atoms. The van der Waals surface area contributed by atoms with E-state index in [-0.39, 0.29) is 10.5 Å². The normalized spacial score (nSPS) is 15.3. The van der Waals surface area contributed by atoms with Crippen LogP contribution < -0.4 is 5.32 Å². The largest absolute Gasteiger partial charge is 0.379 e. The van der Waals surface area contributed by atoms with Crippen LogP contribution in [0.3, 0.4) is 0 Å². The van der Waals surface area contributed by atoms with Crippen molar-refractivity contribution in [2.75, 3.05) is 37.4 Å². The number of carbonyl (C=O) groups excluding carboxylic acids is 1. The molecular formula is C17H20N4O4S3. The Kier molecular flexibility index (Phi) is 6.83. The highest BCUT2D eigenvalue weighted by Crippen LogP contribution is 2.26. The summed E-state index contributed by atoms with van der Waals surface area (Å²) in [6.07, 6.45) is 1.76. The molecule has 2 heterocycles. The van der Waals surface area contributed by atoms with Crippen LogP contribution in [-0.4, -0.2) is 60.9 Å². The van der Waals surface area contributed by atoms with E-state index in [0.29, 0.717) is 42.8 Å². The maximum absolute atomic E-state index is 13.0. The highest BCUT2D eigenvalue weighted by Gasteiger charge is 2.28. The minimum Gasteiger partial charge on any atom is -0.379 e. The van der Waals surface area contributed by atoms with Crippen molar-refractivity contribution in [2.24, 2.45) is 0 Å². The fourth-order valence-electron chi connectivity index (χ4n) is 2.56. The minimum atomic E-state index is -3.69. The average molecular weight is 441 g/mol. The summed E-state index contributed by atoms with van der Waals surface area (Å²) in [7, 11) is -3.69. The third-order valence-corrected chi connectivity index (χ3v) is 8.00. The van der Waals surface area contributed by atoms with Crippen LogP contribution >= 0.6 is 23.1 Å². The van der Waals surface area contributed by atoms with Gasteiger partial charge in [0.1, 0.15) is 0 Å². The Morgan fingerprint density at radius 2 is 2.14 bits per heavy atom. The number of hydrogen-bond acceptors (Lipinski definition) is 8. The Labute approximate surface area is 172 Å². The summed E-state index contributed by atoms with van der Waals surface area (Å²) in [6, 6.07) is 4.63. The van der Waals surface area contributed by atoms with E-state index in [1.807, 2.05) is 0 Å². The Balaban J connectivity index is 1.79. The van der Waals surface area contributed by atoms with Gasteiger partial charge in [-0.05, 0) is 24.6 Å². The molecule has 1 aromatic carbocycles. The molecule has 0 radical (unpaired) electrons. The molecule has 150 valence electrons. The molecule has 0 spiro atoms. The zero-order valence-electron chi connectivity index (χ0n) is 15.3. The first-order valence-corrected chi connectivity index (χ1v) is 11.7. The first-order valence-electron chi connectivity index (χ1n) is 8.49. The number of benzene rings is 1. The Morgan fingerprint density at radius 3 is 2.86 bits per heavy atom. The van der Waals surface area contributed by atoms with Gasteiger partial charge in [-0.25, -0.2) is 8.42 Å². The second-order valence-corrected chi connectivity index (χ2v) is 10.1. The number of amides is 1. The van der Waals surface area contributed by atoms with Crippen LogP contribution in [0.5, 0.6) is 0 Å². The van der Waals surface area contributed by atoms with Crippen molar-refractivity contribution in [3.63, 3.8) is 0 Å². The Morgan fingerprint density at radius 1 is 1.39 bits per heavy atom. The predicted octanol–water partition coefficient (Wildman–Crippen LogP) is 2.40. The van der Waals surface area contributed by atoms with E-state index >= 15 is 0 Å². The lowest BCUT2D eigenvalue weighted by atomic mass is 10.1. The van der Waals surface area contributed by atoms with Gasteiger partial charge in [0.15, 0.2) is 4.34 Å². The van der Waals surface area contributed by atoms with E-state index in [0.717, 1.165) is 4.34 Å². The van der Waals surface area contributed by atoms with Gasteiger partial charge >= 0.3 is 0 Å². The number of nitrogens with one attached hydrogen (secondary N) is 1. The number of aromatic nitrogens is 2. The fourth-order valence-corrected chi connectivity index (χ4v) is 5.73. The molecule has 1 saturated heterocycles. The third kappa shape index (κ3) is 4.78. The summed E-state index contributed by atoms with van der Waals surface area (Å²) < 4.78 is 33.2. The molecule has 1 aromatic heterocycles. The SMILES string of the molecule is C=CCSc1nnc(NC(=O)c2ccc(C)c(S(=O)(=O)N3CCOCC3)c2)s1. The second-order valence-electron chi connectivity index (χ2n) is 5.92. The van der Waals surface area contributed by atoms with Crippen LogP contribution in [0, 0.1) is 6.92 Å². The highest BCUT2D eigenvalue weighted by atomic mass is 32.2. The van der Waals surface area contributed by atoms with Gasteiger partial charge in [-0.2, -0.15) is 4.31 Å². The van der Waals surface area contributed by atoms with Crippen molar-refractivity contribution in [3.8, 4) is 0 Å². The zero-order chi connectivity index (χ0) is 20.1. The molecule has 1 aliphatic rings. The molecule has 1 N–H and O–H groups in total. The lowest BCUT2D eigenvalue weighted by Gasteiger charge is -2.26. The van der Waals surface area contributed by atoms with Crippen molar-refractivity contribution in [1.29, 1.82) is 0 Å². The van der Waals surface area contributed by atoms with Gasteiger partial charge in [0.25, 0.3) is 5.91 Å². The summed E-state index contributed by atoms with van der Waals surface area (Å²) >= 11 is 2.72. The van der Waals surface area contributed by atoms with Crippen molar-refractivity contribution < 1.29 is 17.9 Å². The molecule has 0 aliphatic carbocycles. The molecular weight excluding hydrogens is 420 g/mol. The van der Waals surface area contributed by atoms with Crippen molar-refractivity contribution in [1.82, 2.24) is 14.5 Å². The number of nitrogens with zero attached hydrogens (tertiary/aromatic N) is 3. The number of rotatable bonds is 7. The zero-order valence-corrected chi connectivity index (χ0v) is 17.7. The van der Waals surface area contributed by atoms with Crippen LogP contribution in [0.1, 0.15) is 15.9 Å². The predicted molar refractivity (Wildman–Crippen MR) is 110 cm³/mol. The molecule has 1 amide bonds. The smallest absolute Gasteiger partial charge is 0.257 e. The first kappa shape index (κ1) is 20.9. The van der Waals surface area contributed by atoms with Crippen LogP contribution in [-0.2, 0) is 14.8 Å². The topological polar surface area (TPSA) is 101 Å². The molecule has 11 heteroatoms. The number of ether oxygens (including phenoxy) is 1. The molecule has 0 atom stereocenters. The number of sulfonamides is 1. The van der Waals surface area contributed by atoms with Gasteiger partial charge in [-0.1, -0.05) is 35.2 Å². The molecule has 3 rings (SSSR count). The maximum atomic E-state index is 13.0. The monoisotopic (exact) mass is 440 g/mol. The number of aryl methyl sites for hydroxylation is 1. The summed E-state index contributed by atoms with van der Waals surface area (Å²) in [4.78, 5) is 12.7. The number of thioether (sulfide) groups is 1. The molecule has 8 nitrogen and oxygen atoms in total. The van der Waals surface area contributed by atoms with E-state index in [1.54, 1.807) is 25.1 Å². The molecule has 1 fully saturated rings. The molecule has 0 saturated carbocycles. The lowest BCUT2D eigenvalue weighted by Crippen LogP contribution is -2.40. The van der Waals surface area contributed by atoms with Gasteiger partial charge in [-0.15, -0.1) is 16.8 Å². The van der Waals surface area contributed by atoms with Gasteiger partial charge in [-0.3, -0.25) is 10.1 Å². The molecule has 28 heavy (non-hydrogen) atoms. The third-order valence-electron chi connectivity index (χ3n) is 3.99. The van der Waals surface area contributed by atoms with Crippen molar-refractivity contribution in [3.05, 3.63) is 42.0 Å². The van der Waals surface area contributed by atoms with Crippen molar-refractivity contribution in [2.45, 2.75) is 16.2 Å². The maximum Gasteiger partial charge on any atom is 0.257 e. The van der Waals surface area contributed by atoms with Crippen LogP contribution in [0.15, 0.2) is 40.1 Å². The number of carbonyl (C=O) groups is 1. The fraction of sp³-hybridized carbons (Fsp3) is 0.353. The highest BCUT2D eigenvalue weighted by molar-refractivity contribution is 8.01. The average Bonchev–Trinajstić information content (AvgIpc) is 3.14. The summed E-state index contributed by atoms with van der Waals surface area (Å²) in [6.45, 7) is 6.68.